The number of hydrogen-bond donors (Lipinski definition) is 3. The molecule has 0 spiro atoms. The topological polar surface area (TPSA) is 76.1 Å². The second-order valence-electron chi connectivity index (χ2n) is 5.28. The third-order valence-electron chi connectivity index (χ3n) is 3.50. The molecule has 0 aliphatic rings. The zero-order chi connectivity index (χ0) is 15.2. The molecule has 21 heavy (non-hydrogen) atoms. The summed E-state index contributed by atoms with van der Waals surface area (Å²) >= 11 is 0. The number of benzene rings is 1. The van der Waals surface area contributed by atoms with Crippen molar-refractivity contribution in [3.8, 4) is 0 Å². The molecule has 2 aromatic rings. The van der Waals surface area contributed by atoms with E-state index in [2.05, 4.69) is 29.5 Å². The predicted molar refractivity (Wildman–Crippen MR) is 86.3 cm³/mol. The first kappa shape index (κ1) is 15.4. The van der Waals surface area contributed by atoms with Gasteiger partial charge in [0, 0.05) is 6.54 Å². The maximum absolute atomic E-state index is 9.63. The Balaban J connectivity index is 2.14. The second kappa shape index (κ2) is 7.13. The van der Waals surface area contributed by atoms with Crippen LogP contribution < -0.4 is 11.1 Å². The number of hydrogen-bond acceptors (Lipinski definition) is 4. The number of aromatic nitrogens is 2. The molecule has 1 heterocycles. The number of aliphatic hydroxyl groups is 1. The first-order valence-corrected chi connectivity index (χ1v) is 7.39. The molecule has 1 atom stereocenters. The molecule has 0 fully saturated rings. The van der Waals surface area contributed by atoms with E-state index in [1.54, 1.807) is 0 Å². The Kier molecular flexibility index (Phi) is 5.22. The minimum atomic E-state index is -0.0820. The highest BCUT2D eigenvalue weighted by molar-refractivity contribution is 5.65. The Morgan fingerprint density at radius 2 is 2.05 bits per heavy atom. The van der Waals surface area contributed by atoms with Crippen LogP contribution in [-0.4, -0.2) is 27.5 Å². The number of anilines is 2. The summed E-state index contributed by atoms with van der Waals surface area (Å²) in [5.74, 6) is 0.810. The fourth-order valence-corrected chi connectivity index (χ4v) is 2.37. The second-order valence-corrected chi connectivity index (χ2v) is 5.28. The van der Waals surface area contributed by atoms with Crippen molar-refractivity contribution in [2.75, 3.05) is 17.7 Å². The van der Waals surface area contributed by atoms with E-state index in [-0.39, 0.29) is 12.6 Å². The normalized spacial score (nSPS) is 12.3. The Morgan fingerprint density at radius 3 is 2.67 bits per heavy atom. The lowest BCUT2D eigenvalue weighted by molar-refractivity contribution is 0.273. The van der Waals surface area contributed by atoms with Gasteiger partial charge in [0.25, 0.3) is 0 Å². The maximum atomic E-state index is 9.63. The average molecular weight is 288 g/mol. The van der Waals surface area contributed by atoms with Gasteiger partial charge in [0.2, 0.25) is 0 Å². The number of aliphatic hydroxyl groups excluding tert-OH is 1. The van der Waals surface area contributed by atoms with Crippen LogP contribution in [-0.2, 0) is 13.0 Å². The lowest BCUT2D eigenvalue weighted by Crippen LogP contribution is -2.28. The Morgan fingerprint density at radius 1 is 1.33 bits per heavy atom. The van der Waals surface area contributed by atoms with Gasteiger partial charge in [-0.1, -0.05) is 37.3 Å². The quantitative estimate of drug-likeness (QED) is 0.730. The fourth-order valence-electron chi connectivity index (χ4n) is 2.37. The molecule has 4 N–H and O–H groups in total. The zero-order valence-corrected chi connectivity index (χ0v) is 12.7. The summed E-state index contributed by atoms with van der Waals surface area (Å²) in [6.07, 6.45) is 1.73. The maximum Gasteiger partial charge on any atom is 0.148 e. The van der Waals surface area contributed by atoms with Crippen LogP contribution in [0.2, 0.25) is 0 Å². The van der Waals surface area contributed by atoms with E-state index < -0.39 is 0 Å². The van der Waals surface area contributed by atoms with Crippen molar-refractivity contribution in [2.24, 2.45) is 0 Å². The van der Waals surface area contributed by atoms with Crippen molar-refractivity contribution >= 4 is 11.5 Å². The lowest BCUT2D eigenvalue weighted by Gasteiger charge is -2.19. The molecule has 0 saturated heterocycles. The van der Waals surface area contributed by atoms with Crippen molar-refractivity contribution in [2.45, 2.75) is 39.3 Å². The molecule has 1 aromatic carbocycles. The van der Waals surface area contributed by atoms with Gasteiger partial charge in [0.1, 0.15) is 5.82 Å². The van der Waals surface area contributed by atoms with Crippen LogP contribution in [0, 0.1) is 6.92 Å². The molecule has 1 unspecified atom stereocenters. The number of rotatable bonds is 7. The van der Waals surface area contributed by atoms with Gasteiger partial charge in [0.15, 0.2) is 0 Å². The molecule has 114 valence electrons. The molecule has 0 aliphatic carbocycles. The molecule has 0 aliphatic heterocycles. The van der Waals surface area contributed by atoms with E-state index in [0.717, 1.165) is 30.9 Å². The monoisotopic (exact) mass is 288 g/mol. The van der Waals surface area contributed by atoms with Gasteiger partial charge in [-0.2, -0.15) is 5.10 Å². The molecular formula is C16H24N4O. The van der Waals surface area contributed by atoms with Crippen LogP contribution in [0.3, 0.4) is 0 Å². The average Bonchev–Trinajstić information content (AvgIpc) is 2.75. The zero-order valence-electron chi connectivity index (χ0n) is 12.7. The molecule has 0 amide bonds. The predicted octanol–water partition coefficient (Wildman–Crippen LogP) is 2.20. The van der Waals surface area contributed by atoms with E-state index in [0.29, 0.717) is 5.69 Å². The molecule has 0 bridgehead atoms. The number of nitrogen functional groups attached to an aromatic ring is 1. The Bertz CT molecular complexity index is 565. The largest absolute Gasteiger partial charge is 0.394 e. The van der Waals surface area contributed by atoms with Crippen LogP contribution in [0.15, 0.2) is 30.3 Å². The van der Waals surface area contributed by atoms with Gasteiger partial charge in [-0.05, 0) is 25.3 Å². The summed E-state index contributed by atoms with van der Waals surface area (Å²) in [5, 5.41) is 17.4. The summed E-state index contributed by atoms with van der Waals surface area (Å²) in [4.78, 5) is 0. The van der Waals surface area contributed by atoms with Crippen LogP contribution in [0.25, 0.3) is 0 Å². The number of nitrogens with zero attached hydrogens (tertiary/aromatic N) is 2. The summed E-state index contributed by atoms with van der Waals surface area (Å²) in [6, 6.07) is 10.0. The molecule has 5 heteroatoms. The SMILES string of the molecule is CCCn1nc(C)c(N)c1NC(CO)Cc1ccccc1. The minimum Gasteiger partial charge on any atom is -0.394 e. The molecule has 2 rings (SSSR count). The Labute approximate surface area is 125 Å². The summed E-state index contributed by atoms with van der Waals surface area (Å²) < 4.78 is 1.89. The van der Waals surface area contributed by atoms with E-state index in [1.165, 1.54) is 5.56 Å². The highest BCUT2D eigenvalue weighted by Gasteiger charge is 2.16. The smallest absolute Gasteiger partial charge is 0.148 e. The van der Waals surface area contributed by atoms with Gasteiger partial charge >= 0.3 is 0 Å². The van der Waals surface area contributed by atoms with Gasteiger partial charge in [-0.3, -0.25) is 0 Å². The highest BCUT2D eigenvalue weighted by Crippen LogP contribution is 2.23. The van der Waals surface area contributed by atoms with Crippen molar-refractivity contribution < 1.29 is 5.11 Å². The van der Waals surface area contributed by atoms with E-state index >= 15 is 0 Å². The van der Waals surface area contributed by atoms with Crippen LogP contribution in [0.1, 0.15) is 24.6 Å². The third-order valence-corrected chi connectivity index (χ3v) is 3.50. The van der Waals surface area contributed by atoms with Gasteiger partial charge < -0.3 is 16.2 Å². The fraction of sp³-hybridized carbons (Fsp3) is 0.438. The molecule has 5 nitrogen and oxygen atoms in total. The number of aryl methyl sites for hydroxylation is 2. The molecule has 1 aromatic heterocycles. The van der Waals surface area contributed by atoms with Gasteiger partial charge in [-0.15, -0.1) is 0 Å². The first-order chi connectivity index (χ1) is 10.2. The van der Waals surface area contributed by atoms with E-state index in [4.69, 9.17) is 5.73 Å². The number of nitrogens with one attached hydrogen (secondary N) is 1. The van der Waals surface area contributed by atoms with Gasteiger partial charge in [0.05, 0.1) is 24.0 Å². The van der Waals surface area contributed by atoms with Crippen LogP contribution >= 0.6 is 0 Å². The highest BCUT2D eigenvalue weighted by atomic mass is 16.3. The summed E-state index contributed by atoms with van der Waals surface area (Å²) in [7, 11) is 0. The summed E-state index contributed by atoms with van der Waals surface area (Å²) in [6.45, 7) is 4.86. The van der Waals surface area contributed by atoms with Crippen molar-refractivity contribution in [1.29, 1.82) is 0 Å². The van der Waals surface area contributed by atoms with Gasteiger partial charge in [-0.25, -0.2) is 4.68 Å². The van der Waals surface area contributed by atoms with Crippen molar-refractivity contribution in [3.05, 3.63) is 41.6 Å². The summed E-state index contributed by atoms with van der Waals surface area (Å²) in [5.41, 5.74) is 8.77. The standard InChI is InChI=1S/C16H24N4O/c1-3-9-20-16(15(17)12(2)19-20)18-14(11-21)10-13-7-5-4-6-8-13/h4-8,14,18,21H,3,9-11,17H2,1-2H3. The molecule has 0 radical (unpaired) electrons. The van der Waals surface area contributed by atoms with Crippen LogP contribution in [0.4, 0.5) is 11.5 Å². The Hall–Kier alpha value is -2.01. The van der Waals surface area contributed by atoms with Crippen molar-refractivity contribution in [3.63, 3.8) is 0 Å². The minimum absolute atomic E-state index is 0.0463. The number of nitrogens with two attached hydrogens (primary N) is 1. The van der Waals surface area contributed by atoms with E-state index in [1.807, 2.05) is 29.8 Å². The van der Waals surface area contributed by atoms with Crippen molar-refractivity contribution in [1.82, 2.24) is 9.78 Å². The van der Waals surface area contributed by atoms with Crippen LogP contribution in [0.5, 0.6) is 0 Å². The first-order valence-electron chi connectivity index (χ1n) is 7.39. The van der Waals surface area contributed by atoms with E-state index in [9.17, 15) is 5.11 Å². The molecule has 0 saturated carbocycles. The third kappa shape index (κ3) is 3.76. The lowest BCUT2D eigenvalue weighted by atomic mass is 10.1. The molecular weight excluding hydrogens is 264 g/mol.